The second kappa shape index (κ2) is 4.56. The van der Waals surface area contributed by atoms with Crippen molar-refractivity contribution in [2.75, 3.05) is 6.61 Å². The van der Waals surface area contributed by atoms with Gasteiger partial charge in [-0.3, -0.25) is 4.79 Å². The van der Waals surface area contributed by atoms with Crippen LogP contribution < -0.4 is 4.74 Å². The van der Waals surface area contributed by atoms with E-state index in [1.807, 2.05) is 12.1 Å². The van der Waals surface area contributed by atoms with E-state index in [9.17, 15) is 4.79 Å². The Balaban J connectivity index is 2.06. The van der Waals surface area contributed by atoms with Gasteiger partial charge in [-0.15, -0.1) is 0 Å². The molecule has 1 N–H and O–H groups in total. The second-order valence-corrected chi connectivity index (χ2v) is 4.30. The third-order valence-corrected chi connectivity index (χ3v) is 3.07. The summed E-state index contributed by atoms with van der Waals surface area (Å²) in [7, 11) is 0. The maximum atomic E-state index is 10.5. The number of benzene rings is 1. The molecule has 0 aromatic heterocycles. The van der Waals surface area contributed by atoms with Gasteiger partial charge in [-0.2, -0.15) is 0 Å². The topological polar surface area (TPSA) is 46.5 Å². The first-order valence-corrected chi connectivity index (χ1v) is 5.64. The summed E-state index contributed by atoms with van der Waals surface area (Å²) in [5.74, 6) is 0.549. The van der Waals surface area contributed by atoms with Crippen LogP contribution in [0.2, 0.25) is 0 Å². The zero-order chi connectivity index (χ0) is 11.5. The fourth-order valence-corrected chi connectivity index (χ4v) is 2.02. The van der Waals surface area contributed by atoms with Crippen LogP contribution in [-0.4, -0.2) is 17.7 Å². The number of carboxylic acid groups (broad SMARTS) is 1. The number of aliphatic carboxylic acids is 1. The number of carboxylic acids is 1. The summed E-state index contributed by atoms with van der Waals surface area (Å²) in [6, 6.07) is 6.18. The van der Waals surface area contributed by atoms with Gasteiger partial charge in [-0.25, -0.2) is 0 Å². The molecule has 16 heavy (non-hydrogen) atoms. The van der Waals surface area contributed by atoms with Crippen molar-refractivity contribution < 1.29 is 14.6 Å². The van der Waals surface area contributed by atoms with Crippen molar-refractivity contribution in [3.63, 3.8) is 0 Å². The molecule has 3 heteroatoms. The Morgan fingerprint density at radius 3 is 3.12 bits per heavy atom. The standard InChI is InChI=1S/C13H16O3/c1-9(2-5-13(14)15)10-3-4-12-11(8-10)6-7-16-12/h3-4,8-9H,2,5-7H2,1H3,(H,14,15). The highest BCUT2D eigenvalue weighted by atomic mass is 16.5. The van der Waals surface area contributed by atoms with E-state index in [4.69, 9.17) is 9.84 Å². The molecule has 1 unspecified atom stereocenters. The second-order valence-electron chi connectivity index (χ2n) is 4.30. The van der Waals surface area contributed by atoms with E-state index in [2.05, 4.69) is 13.0 Å². The summed E-state index contributed by atoms with van der Waals surface area (Å²) in [5, 5.41) is 8.64. The average Bonchev–Trinajstić information content (AvgIpc) is 2.72. The van der Waals surface area contributed by atoms with Crippen molar-refractivity contribution >= 4 is 5.97 Å². The molecule has 0 bridgehead atoms. The number of hydrogen-bond donors (Lipinski definition) is 1. The Hall–Kier alpha value is -1.51. The third kappa shape index (κ3) is 2.35. The van der Waals surface area contributed by atoms with Crippen LogP contribution in [0.1, 0.15) is 36.8 Å². The van der Waals surface area contributed by atoms with Gasteiger partial charge in [0.15, 0.2) is 0 Å². The van der Waals surface area contributed by atoms with Crippen LogP contribution in [0.25, 0.3) is 0 Å². The largest absolute Gasteiger partial charge is 0.493 e. The van der Waals surface area contributed by atoms with Gasteiger partial charge in [0.25, 0.3) is 0 Å². The minimum Gasteiger partial charge on any atom is -0.493 e. The maximum absolute atomic E-state index is 10.5. The molecule has 0 spiro atoms. The molecule has 0 saturated heterocycles. The Labute approximate surface area is 95.0 Å². The fraction of sp³-hybridized carbons (Fsp3) is 0.462. The van der Waals surface area contributed by atoms with Crippen LogP contribution in [0.3, 0.4) is 0 Å². The lowest BCUT2D eigenvalue weighted by molar-refractivity contribution is -0.137. The van der Waals surface area contributed by atoms with E-state index in [0.29, 0.717) is 12.3 Å². The van der Waals surface area contributed by atoms with E-state index in [1.165, 1.54) is 11.1 Å². The van der Waals surface area contributed by atoms with Crippen molar-refractivity contribution in [1.82, 2.24) is 0 Å². The molecule has 1 aliphatic rings. The van der Waals surface area contributed by atoms with Gasteiger partial charge in [0.1, 0.15) is 5.75 Å². The Morgan fingerprint density at radius 2 is 2.38 bits per heavy atom. The quantitative estimate of drug-likeness (QED) is 0.848. The van der Waals surface area contributed by atoms with Crippen molar-refractivity contribution in [2.24, 2.45) is 0 Å². The maximum Gasteiger partial charge on any atom is 0.303 e. The average molecular weight is 220 g/mol. The highest BCUT2D eigenvalue weighted by Gasteiger charge is 2.15. The van der Waals surface area contributed by atoms with Gasteiger partial charge >= 0.3 is 5.97 Å². The molecular weight excluding hydrogens is 204 g/mol. The van der Waals surface area contributed by atoms with Crippen LogP contribution in [0.4, 0.5) is 0 Å². The molecule has 1 aliphatic heterocycles. The van der Waals surface area contributed by atoms with E-state index < -0.39 is 5.97 Å². The van der Waals surface area contributed by atoms with Gasteiger partial charge in [-0.1, -0.05) is 19.1 Å². The molecule has 1 atom stereocenters. The van der Waals surface area contributed by atoms with Crippen LogP contribution >= 0.6 is 0 Å². The summed E-state index contributed by atoms with van der Waals surface area (Å²) in [6.45, 7) is 2.84. The summed E-state index contributed by atoms with van der Waals surface area (Å²) >= 11 is 0. The molecule has 2 rings (SSSR count). The zero-order valence-corrected chi connectivity index (χ0v) is 9.40. The van der Waals surface area contributed by atoms with Gasteiger partial charge < -0.3 is 9.84 Å². The molecule has 86 valence electrons. The van der Waals surface area contributed by atoms with Crippen molar-refractivity contribution in [2.45, 2.75) is 32.1 Å². The fourth-order valence-electron chi connectivity index (χ4n) is 2.02. The molecule has 1 aromatic rings. The lowest BCUT2D eigenvalue weighted by atomic mass is 9.94. The minimum atomic E-state index is -0.726. The summed E-state index contributed by atoms with van der Waals surface area (Å²) in [6.07, 6.45) is 1.89. The predicted octanol–water partition coefficient (Wildman–Crippen LogP) is 2.59. The van der Waals surface area contributed by atoms with E-state index in [0.717, 1.165) is 18.8 Å². The number of carbonyl (C=O) groups is 1. The molecule has 3 nitrogen and oxygen atoms in total. The monoisotopic (exact) mass is 220 g/mol. The smallest absolute Gasteiger partial charge is 0.303 e. The van der Waals surface area contributed by atoms with Crippen LogP contribution in [0.5, 0.6) is 5.75 Å². The Bertz CT molecular complexity index is 398. The zero-order valence-electron chi connectivity index (χ0n) is 9.40. The number of hydrogen-bond acceptors (Lipinski definition) is 2. The van der Waals surface area contributed by atoms with Crippen molar-refractivity contribution in [1.29, 1.82) is 0 Å². The molecule has 0 radical (unpaired) electrons. The van der Waals surface area contributed by atoms with Crippen molar-refractivity contribution in [3.8, 4) is 5.75 Å². The summed E-state index contributed by atoms with van der Waals surface area (Å²) in [5.41, 5.74) is 2.46. The van der Waals surface area contributed by atoms with Crippen LogP contribution in [0, 0.1) is 0 Å². The van der Waals surface area contributed by atoms with Gasteiger partial charge in [-0.05, 0) is 29.5 Å². The molecule has 1 heterocycles. The predicted molar refractivity (Wildman–Crippen MR) is 60.9 cm³/mol. The van der Waals surface area contributed by atoms with E-state index in [1.54, 1.807) is 0 Å². The first-order chi connectivity index (χ1) is 7.66. The number of rotatable bonds is 4. The number of fused-ring (bicyclic) bond motifs is 1. The normalized spacial score (nSPS) is 15.3. The molecule has 0 aliphatic carbocycles. The first-order valence-electron chi connectivity index (χ1n) is 5.64. The lowest BCUT2D eigenvalue weighted by Gasteiger charge is -2.11. The van der Waals surface area contributed by atoms with Gasteiger partial charge in [0, 0.05) is 12.8 Å². The lowest BCUT2D eigenvalue weighted by Crippen LogP contribution is -2.00. The third-order valence-electron chi connectivity index (χ3n) is 3.07. The number of ether oxygens (including phenoxy) is 1. The minimum absolute atomic E-state index is 0.231. The first kappa shape index (κ1) is 11.0. The Kier molecular flexibility index (Phi) is 3.13. The van der Waals surface area contributed by atoms with Gasteiger partial charge in [0.05, 0.1) is 6.61 Å². The summed E-state index contributed by atoms with van der Waals surface area (Å²) < 4.78 is 5.44. The van der Waals surface area contributed by atoms with Crippen LogP contribution in [-0.2, 0) is 11.2 Å². The Morgan fingerprint density at radius 1 is 1.56 bits per heavy atom. The highest BCUT2D eigenvalue weighted by Crippen LogP contribution is 2.30. The molecule has 0 amide bonds. The molecule has 0 fully saturated rings. The molecule has 0 saturated carbocycles. The SMILES string of the molecule is CC(CCC(=O)O)c1ccc2c(c1)CCO2. The van der Waals surface area contributed by atoms with E-state index in [-0.39, 0.29) is 6.42 Å². The summed E-state index contributed by atoms with van der Waals surface area (Å²) in [4.78, 5) is 10.5. The van der Waals surface area contributed by atoms with Crippen LogP contribution in [0.15, 0.2) is 18.2 Å². The highest BCUT2D eigenvalue weighted by molar-refractivity contribution is 5.66. The molecule has 1 aromatic carbocycles. The van der Waals surface area contributed by atoms with Crippen molar-refractivity contribution in [3.05, 3.63) is 29.3 Å². The van der Waals surface area contributed by atoms with Gasteiger partial charge in [0.2, 0.25) is 0 Å². The molecular formula is C13H16O3. The van der Waals surface area contributed by atoms with E-state index >= 15 is 0 Å².